The molecule has 1 amide bonds. The van der Waals surface area contributed by atoms with E-state index in [1.807, 2.05) is 12.1 Å². The highest BCUT2D eigenvalue weighted by atomic mass is 32.1. The summed E-state index contributed by atoms with van der Waals surface area (Å²) in [6.45, 7) is 2.94. The fourth-order valence-corrected chi connectivity index (χ4v) is 4.43. The molecule has 0 aliphatic carbocycles. The van der Waals surface area contributed by atoms with Gasteiger partial charge in [-0.2, -0.15) is 24.5 Å². The Labute approximate surface area is 180 Å². The number of halogens is 3. The van der Waals surface area contributed by atoms with Crippen molar-refractivity contribution in [2.75, 3.05) is 13.2 Å². The molecule has 0 saturated carbocycles. The number of piperidine rings is 1. The van der Waals surface area contributed by atoms with Crippen LogP contribution in [0.3, 0.4) is 0 Å². The van der Waals surface area contributed by atoms with Crippen molar-refractivity contribution in [1.29, 1.82) is 0 Å². The minimum absolute atomic E-state index is 0.0297. The Morgan fingerprint density at radius 3 is 2.71 bits per heavy atom. The first kappa shape index (κ1) is 23.3. The number of nitrogens with one attached hydrogen (secondary N) is 1. The number of carbonyl (C=O) groups excluding carboxylic acids is 1. The van der Waals surface area contributed by atoms with Crippen LogP contribution in [0.4, 0.5) is 13.2 Å². The summed E-state index contributed by atoms with van der Waals surface area (Å²) in [5.41, 5.74) is 1.32. The molecule has 0 aromatic carbocycles. The van der Waals surface area contributed by atoms with E-state index in [2.05, 4.69) is 27.0 Å². The van der Waals surface area contributed by atoms with Gasteiger partial charge in [0.2, 0.25) is 5.91 Å². The van der Waals surface area contributed by atoms with E-state index in [1.54, 1.807) is 17.6 Å². The molecule has 11 heteroatoms. The average molecular weight is 460 g/mol. The number of carbonyl (C=O) groups is 2. The molecule has 2 N–H and O–H groups in total. The normalized spacial score (nSPS) is 23.5. The van der Waals surface area contributed by atoms with Crippen LogP contribution in [0.1, 0.15) is 24.2 Å². The lowest BCUT2D eigenvalue weighted by molar-refractivity contribution is -0.192. The van der Waals surface area contributed by atoms with E-state index in [0.29, 0.717) is 12.6 Å². The molecule has 2 aliphatic heterocycles. The molecule has 2 saturated heterocycles. The predicted octanol–water partition coefficient (Wildman–Crippen LogP) is 3.27. The molecule has 2 aliphatic rings. The van der Waals surface area contributed by atoms with E-state index in [9.17, 15) is 18.0 Å². The highest BCUT2D eigenvalue weighted by Gasteiger charge is 2.42. The fourth-order valence-electron chi connectivity index (χ4n) is 3.77. The molecule has 2 aromatic heterocycles. The highest BCUT2D eigenvalue weighted by molar-refractivity contribution is 7.07. The van der Waals surface area contributed by atoms with Gasteiger partial charge in [0.05, 0.1) is 24.8 Å². The van der Waals surface area contributed by atoms with Crippen molar-refractivity contribution in [1.82, 2.24) is 10.2 Å². The Kier molecular flexibility index (Phi) is 7.74. The van der Waals surface area contributed by atoms with Gasteiger partial charge in [-0.3, -0.25) is 9.69 Å². The second-order valence-electron chi connectivity index (χ2n) is 7.36. The summed E-state index contributed by atoms with van der Waals surface area (Å²) < 4.78 is 42.9. The molecule has 2 aromatic rings. The summed E-state index contributed by atoms with van der Waals surface area (Å²) in [5, 5.41) is 14.4. The SMILES string of the molecule is O=C(NCc1ccco1)[C@H]1C[C@H]2OCC[C@H]2N(Cc2ccsc2)C1.O=C(O)C(F)(F)F. The second-order valence-corrected chi connectivity index (χ2v) is 8.14. The summed E-state index contributed by atoms with van der Waals surface area (Å²) in [6.07, 6.45) is -1.40. The maximum Gasteiger partial charge on any atom is 0.490 e. The number of thiophene rings is 1. The number of ether oxygens (including phenoxy) is 1. The number of furan rings is 1. The van der Waals surface area contributed by atoms with Crippen molar-refractivity contribution >= 4 is 23.2 Å². The summed E-state index contributed by atoms with van der Waals surface area (Å²) in [4.78, 5) is 23.9. The molecule has 3 atom stereocenters. The molecule has 31 heavy (non-hydrogen) atoms. The third-order valence-electron chi connectivity index (χ3n) is 5.21. The number of carboxylic acid groups (broad SMARTS) is 1. The summed E-state index contributed by atoms with van der Waals surface area (Å²) in [7, 11) is 0. The zero-order chi connectivity index (χ0) is 22.4. The highest BCUT2D eigenvalue weighted by Crippen LogP contribution is 2.32. The Hall–Kier alpha value is -2.37. The van der Waals surface area contributed by atoms with Gasteiger partial charge in [-0.05, 0) is 47.4 Å². The number of hydrogen-bond donors (Lipinski definition) is 2. The van der Waals surface area contributed by atoms with Crippen LogP contribution in [0.15, 0.2) is 39.6 Å². The van der Waals surface area contributed by atoms with E-state index >= 15 is 0 Å². The van der Waals surface area contributed by atoms with E-state index in [4.69, 9.17) is 19.1 Å². The lowest BCUT2D eigenvalue weighted by Gasteiger charge is -2.40. The number of fused-ring (bicyclic) bond motifs is 1. The molecule has 0 unspecified atom stereocenters. The molecular weight excluding hydrogens is 437 g/mol. The molecule has 4 heterocycles. The molecule has 2 fully saturated rings. The van der Waals surface area contributed by atoms with Gasteiger partial charge in [-0.1, -0.05) is 0 Å². The van der Waals surface area contributed by atoms with E-state index < -0.39 is 12.1 Å². The minimum Gasteiger partial charge on any atom is -0.475 e. The molecule has 7 nitrogen and oxygen atoms in total. The van der Waals surface area contributed by atoms with E-state index in [-0.39, 0.29) is 17.9 Å². The number of aliphatic carboxylic acids is 1. The summed E-state index contributed by atoms with van der Waals surface area (Å²) in [6, 6.07) is 6.32. The first-order valence-corrected chi connectivity index (χ1v) is 10.6. The topological polar surface area (TPSA) is 92.0 Å². The van der Waals surface area contributed by atoms with Crippen LogP contribution in [0, 0.1) is 5.92 Å². The number of likely N-dealkylation sites (tertiary alicyclic amines) is 1. The molecule has 0 bridgehead atoms. The number of carboxylic acids is 1. The molecule has 0 spiro atoms. The van der Waals surface area contributed by atoms with Crippen LogP contribution in [0.25, 0.3) is 0 Å². The van der Waals surface area contributed by atoms with Crippen molar-refractivity contribution in [3.8, 4) is 0 Å². The predicted molar refractivity (Wildman–Crippen MR) is 105 cm³/mol. The minimum atomic E-state index is -5.08. The van der Waals surface area contributed by atoms with Gasteiger partial charge in [-0.25, -0.2) is 4.79 Å². The van der Waals surface area contributed by atoms with Gasteiger partial charge in [0.15, 0.2) is 0 Å². The molecule has 0 radical (unpaired) electrons. The molecular formula is C20H23F3N2O5S. The number of rotatable bonds is 5. The zero-order valence-electron chi connectivity index (χ0n) is 16.5. The van der Waals surface area contributed by atoms with Crippen molar-refractivity contribution in [2.45, 2.75) is 44.3 Å². The average Bonchev–Trinajstić information content (AvgIpc) is 3.47. The molecule has 4 rings (SSSR count). The van der Waals surface area contributed by atoms with Gasteiger partial charge >= 0.3 is 12.1 Å². The van der Waals surface area contributed by atoms with E-state index in [0.717, 1.165) is 38.3 Å². The quantitative estimate of drug-likeness (QED) is 0.712. The van der Waals surface area contributed by atoms with Crippen molar-refractivity contribution in [3.05, 3.63) is 46.5 Å². The van der Waals surface area contributed by atoms with Crippen LogP contribution in [0.5, 0.6) is 0 Å². The number of alkyl halides is 3. The standard InChI is InChI=1S/C18H22N2O3S.C2HF3O2/c21-18(19-9-15-2-1-5-22-15)14-8-17-16(3-6-23-17)20(11-14)10-13-4-7-24-12-13;3-2(4,5)1(6)7/h1-2,4-5,7,12,14,16-17H,3,6,8-11H2,(H,19,21);(H,6,7)/t14-,16+,17+;/m0./s1. The number of hydrogen-bond acceptors (Lipinski definition) is 6. The first-order chi connectivity index (χ1) is 14.7. The van der Waals surface area contributed by atoms with Gasteiger partial charge in [0.25, 0.3) is 0 Å². The Balaban J connectivity index is 0.000000339. The van der Waals surface area contributed by atoms with Crippen LogP contribution in [-0.4, -0.2) is 53.4 Å². The number of nitrogens with zero attached hydrogens (tertiary/aromatic N) is 1. The third kappa shape index (κ3) is 6.55. The van der Waals surface area contributed by atoms with Crippen LogP contribution < -0.4 is 5.32 Å². The Bertz CT molecular complexity index is 842. The molecule has 170 valence electrons. The van der Waals surface area contributed by atoms with Gasteiger partial charge in [-0.15, -0.1) is 0 Å². The monoisotopic (exact) mass is 460 g/mol. The smallest absolute Gasteiger partial charge is 0.475 e. The third-order valence-corrected chi connectivity index (χ3v) is 5.94. The Morgan fingerprint density at radius 2 is 2.10 bits per heavy atom. The second kappa shape index (κ2) is 10.3. The van der Waals surface area contributed by atoms with Gasteiger partial charge in [0, 0.05) is 25.7 Å². The lowest BCUT2D eigenvalue weighted by Crippen LogP contribution is -2.52. The van der Waals surface area contributed by atoms with Crippen molar-refractivity contribution < 1.29 is 37.0 Å². The maximum absolute atomic E-state index is 12.6. The summed E-state index contributed by atoms with van der Waals surface area (Å²) in [5.74, 6) is -1.91. The van der Waals surface area contributed by atoms with Crippen molar-refractivity contribution in [3.63, 3.8) is 0 Å². The van der Waals surface area contributed by atoms with Crippen LogP contribution in [0.2, 0.25) is 0 Å². The lowest BCUT2D eigenvalue weighted by atomic mass is 9.89. The number of amides is 1. The van der Waals surface area contributed by atoms with Crippen LogP contribution >= 0.6 is 11.3 Å². The fraction of sp³-hybridized carbons (Fsp3) is 0.500. The van der Waals surface area contributed by atoms with Crippen LogP contribution in [-0.2, 0) is 27.4 Å². The zero-order valence-corrected chi connectivity index (χ0v) is 17.3. The largest absolute Gasteiger partial charge is 0.490 e. The van der Waals surface area contributed by atoms with Gasteiger partial charge < -0.3 is 19.6 Å². The Morgan fingerprint density at radius 1 is 1.32 bits per heavy atom. The first-order valence-electron chi connectivity index (χ1n) is 9.71. The van der Waals surface area contributed by atoms with Gasteiger partial charge in [0.1, 0.15) is 5.76 Å². The maximum atomic E-state index is 12.6. The van der Waals surface area contributed by atoms with Crippen molar-refractivity contribution in [2.24, 2.45) is 5.92 Å². The summed E-state index contributed by atoms with van der Waals surface area (Å²) >= 11 is 1.72. The van der Waals surface area contributed by atoms with E-state index in [1.165, 1.54) is 5.56 Å².